The lowest BCUT2D eigenvalue weighted by Crippen LogP contribution is -2.25. The van der Waals surface area contributed by atoms with E-state index in [2.05, 4.69) is 20.1 Å². The van der Waals surface area contributed by atoms with E-state index in [0.29, 0.717) is 5.01 Å². The molecule has 0 unspecified atom stereocenters. The van der Waals surface area contributed by atoms with Crippen molar-refractivity contribution in [2.75, 3.05) is 5.43 Å². The van der Waals surface area contributed by atoms with Crippen molar-refractivity contribution in [3.05, 3.63) is 34.5 Å². The molecule has 0 saturated heterocycles. The van der Waals surface area contributed by atoms with E-state index in [9.17, 15) is 8.42 Å². The molecule has 0 aliphatic carbocycles. The van der Waals surface area contributed by atoms with Crippen molar-refractivity contribution in [1.82, 2.24) is 14.7 Å². The quantitative estimate of drug-likeness (QED) is 0.551. The number of thiazole rings is 1. The van der Waals surface area contributed by atoms with Crippen LogP contribution in [0.5, 0.6) is 0 Å². The molecule has 2 aromatic heterocycles. The molecule has 0 aromatic carbocycles. The average Bonchev–Trinajstić information content (AvgIpc) is 2.82. The molecule has 102 valence electrons. The first kappa shape index (κ1) is 13.9. The maximum absolute atomic E-state index is 12.1. The van der Waals surface area contributed by atoms with E-state index in [1.54, 1.807) is 0 Å². The molecular weight excluding hydrogens is 286 g/mol. The zero-order valence-electron chi connectivity index (χ0n) is 10.1. The number of hydrogen-bond donors (Lipinski definition) is 3. The number of rotatable bonds is 5. The number of anilines is 1. The van der Waals surface area contributed by atoms with Gasteiger partial charge < -0.3 is 5.43 Å². The summed E-state index contributed by atoms with van der Waals surface area (Å²) in [6, 6.07) is 1.49. The fraction of sp³-hybridized carbons (Fsp3) is 0.200. The highest BCUT2D eigenvalue weighted by Crippen LogP contribution is 2.18. The van der Waals surface area contributed by atoms with E-state index in [0.717, 1.165) is 5.69 Å². The van der Waals surface area contributed by atoms with Gasteiger partial charge in [-0.15, -0.1) is 11.3 Å². The highest BCUT2D eigenvalue weighted by Gasteiger charge is 2.18. The largest absolute Gasteiger partial charge is 0.323 e. The second kappa shape index (κ2) is 5.61. The molecule has 2 heterocycles. The number of nitrogens with two attached hydrogens (primary N) is 1. The fourth-order valence-electron chi connectivity index (χ4n) is 1.43. The summed E-state index contributed by atoms with van der Waals surface area (Å²) in [5, 5.41) is 2.56. The van der Waals surface area contributed by atoms with Gasteiger partial charge in [0.1, 0.15) is 9.90 Å². The van der Waals surface area contributed by atoms with Crippen molar-refractivity contribution >= 4 is 27.0 Å². The first-order valence-corrected chi connectivity index (χ1v) is 7.70. The van der Waals surface area contributed by atoms with Crippen LogP contribution >= 0.6 is 11.3 Å². The standard InChI is InChI=1S/C10H13N5O2S2/c1-7-6-18-10(14-7)5-13-19(16,17)9-4-12-3-2-8(9)15-11/h2-4,6,13H,5,11H2,1H3,(H,12,15). The fourth-order valence-corrected chi connectivity index (χ4v) is 3.33. The highest BCUT2D eigenvalue weighted by atomic mass is 32.2. The van der Waals surface area contributed by atoms with Crippen LogP contribution in [0, 0.1) is 6.92 Å². The van der Waals surface area contributed by atoms with Crippen LogP contribution < -0.4 is 16.0 Å². The van der Waals surface area contributed by atoms with Gasteiger partial charge in [0, 0.05) is 23.5 Å². The molecule has 0 aliphatic rings. The molecule has 19 heavy (non-hydrogen) atoms. The van der Waals surface area contributed by atoms with Gasteiger partial charge in [-0.3, -0.25) is 10.8 Å². The van der Waals surface area contributed by atoms with Crippen molar-refractivity contribution in [2.45, 2.75) is 18.4 Å². The summed E-state index contributed by atoms with van der Waals surface area (Å²) in [4.78, 5) is 7.98. The van der Waals surface area contributed by atoms with E-state index in [1.807, 2.05) is 12.3 Å². The van der Waals surface area contributed by atoms with Crippen molar-refractivity contribution < 1.29 is 8.42 Å². The number of aryl methyl sites for hydroxylation is 1. The van der Waals surface area contributed by atoms with Crippen molar-refractivity contribution in [1.29, 1.82) is 0 Å². The maximum atomic E-state index is 12.1. The number of nitrogens with zero attached hydrogens (tertiary/aromatic N) is 2. The van der Waals surface area contributed by atoms with Crippen molar-refractivity contribution in [2.24, 2.45) is 5.84 Å². The monoisotopic (exact) mass is 299 g/mol. The van der Waals surface area contributed by atoms with Gasteiger partial charge in [-0.25, -0.2) is 18.1 Å². The summed E-state index contributed by atoms with van der Waals surface area (Å²) < 4.78 is 26.7. The molecule has 0 amide bonds. The summed E-state index contributed by atoms with van der Waals surface area (Å²) in [6.07, 6.45) is 2.70. The molecule has 7 nitrogen and oxygen atoms in total. The lowest BCUT2D eigenvalue weighted by atomic mass is 10.4. The Morgan fingerprint density at radius 2 is 2.26 bits per heavy atom. The highest BCUT2D eigenvalue weighted by molar-refractivity contribution is 7.89. The van der Waals surface area contributed by atoms with Crippen LogP contribution in [0.25, 0.3) is 0 Å². The summed E-state index contributed by atoms with van der Waals surface area (Å²) in [7, 11) is -3.68. The van der Waals surface area contributed by atoms with Crippen LogP contribution in [0.4, 0.5) is 5.69 Å². The zero-order valence-corrected chi connectivity index (χ0v) is 11.8. The van der Waals surface area contributed by atoms with Gasteiger partial charge in [0.2, 0.25) is 10.0 Å². The Morgan fingerprint density at radius 3 is 2.89 bits per heavy atom. The van der Waals surface area contributed by atoms with E-state index in [4.69, 9.17) is 5.84 Å². The number of nitrogens with one attached hydrogen (secondary N) is 2. The number of aromatic nitrogens is 2. The smallest absolute Gasteiger partial charge is 0.244 e. The van der Waals surface area contributed by atoms with Crippen LogP contribution in [-0.2, 0) is 16.6 Å². The normalized spacial score (nSPS) is 11.5. The first-order chi connectivity index (χ1) is 9.03. The molecular formula is C10H13N5O2S2. The minimum Gasteiger partial charge on any atom is -0.323 e. The molecule has 0 radical (unpaired) electrons. The third kappa shape index (κ3) is 3.26. The van der Waals surface area contributed by atoms with Gasteiger partial charge in [0.25, 0.3) is 0 Å². The van der Waals surface area contributed by atoms with Crippen LogP contribution in [0.3, 0.4) is 0 Å². The summed E-state index contributed by atoms with van der Waals surface area (Å²) in [5.41, 5.74) is 3.49. The van der Waals surface area contributed by atoms with Crippen molar-refractivity contribution in [3.63, 3.8) is 0 Å². The third-order valence-corrected chi connectivity index (χ3v) is 4.70. The first-order valence-electron chi connectivity index (χ1n) is 5.34. The van der Waals surface area contributed by atoms with E-state index < -0.39 is 10.0 Å². The van der Waals surface area contributed by atoms with Crippen LogP contribution in [0.15, 0.2) is 28.7 Å². The Kier molecular flexibility index (Phi) is 4.10. The van der Waals surface area contributed by atoms with Gasteiger partial charge >= 0.3 is 0 Å². The second-order valence-corrected chi connectivity index (χ2v) is 6.40. The number of hydrogen-bond acceptors (Lipinski definition) is 7. The van der Waals surface area contributed by atoms with Gasteiger partial charge in [-0.05, 0) is 13.0 Å². The van der Waals surface area contributed by atoms with Crippen LogP contribution in [0.2, 0.25) is 0 Å². The second-order valence-electron chi connectivity index (χ2n) is 3.72. The van der Waals surface area contributed by atoms with Gasteiger partial charge in [0.05, 0.1) is 12.2 Å². The summed E-state index contributed by atoms with van der Waals surface area (Å²) in [6.45, 7) is 1.99. The number of hydrazine groups is 1. The zero-order chi connectivity index (χ0) is 13.9. The van der Waals surface area contributed by atoms with E-state index >= 15 is 0 Å². The number of sulfonamides is 1. The molecule has 0 atom stereocenters. The Labute approximate surface area is 114 Å². The molecule has 2 aromatic rings. The minimum atomic E-state index is -3.68. The average molecular weight is 299 g/mol. The van der Waals surface area contributed by atoms with Gasteiger partial charge in [-0.2, -0.15) is 0 Å². The predicted molar refractivity (Wildman–Crippen MR) is 72.9 cm³/mol. The lowest BCUT2D eigenvalue weighted by Gasteiger charge is -2.09. The van der Waals surface area contributed by atoms with Crippen LogP contribution in [0.1, 0.15) is 10.7 Å². The Bertz CT molecular complexity index is 668. The molecule has 0 fully saturated rings. The topological polar surface area (TPSA) is 110 Å². The van der Waals surface area contributed by atoms with Gasteiger partial charge in [0.15, 0.2) is 0 Å². The Morgan fingerprint density at radius 1 is 1.47 bits per heavy atom. The SMILES string of the molecule is Cc1csc(CNS(=O)(=O)c2cnccc2NN)n1. The molecule has 4 N–H and O–H groups in total. The molecule has 0 spiro atoms. The lowest BCUT2D eigenvalue weighted by molar-refractivity contribution is 0.581. The van der Waals surface area contributed by atoms with Crippen LogP contribution in [-0.4, -0.2) is 18.4 Å². The molecule has 0 bridgehead atoms. The van der Waals surface area contributed by atoms with Gasteiger partial charge in [-0.1, -0.05) is 0 Å². The summed E-state index contributed by atoms with van der Waals surface area (Å²) >= 11 is 1.40. The Balaban J connectivity index is 2.18. The third-order valence-electron chi connectivity index (χ3n) is 2.31. The Hall–Kier alpha value is -1.55. The molecule has 0 saturated carbocycles. The molecule has 9 heteroatoms. The molecule has 2 rings (SSSR count). The van der Waals surface area contributed by atoms with E-state index in [1.165, 1.54) is 29.8 Å². The predicted octanol–water partition coefficient (Wildman–Crippen LogP) is 0.611. The number of nitrogen functional groups attached to an aromatic ring is 1. The molecule has 0 aliphatic heterocycles. The minimum absolute atomic E-state index is 0.00535. The summed E-state index contributed by atoms with van der Waals surface area (Å²) in [5.74, 6) is 5.28. The van der Waals surface area contributed by atoms with Crippen molar-refractivity contribution in [3.8, 4) is 0 Å². The number of pyridine rings is 1. The van der Waals surface area contributed by atoms with E-state index in [-0.39, 0.29) is 17.1 Å². The maximum Gasteiger partial charge on any atom is 0.244 e.